The lowest BCUT2D eigenvalue weighted by Crippen LogP contribution is -2.38. The van der Waals surface area contributed by atoms with Gasteiger partial charge in [-0.05, 0) is 16.9 Å². The van der Waals surface area contributed by atoms with Crippen molar-refractivity contribution >= 4 is 32.5 Å². The summed E-state index contributed by atoms with van der Waals surface area (Å²) in [5.74, 6) is 0.345. The smallest absolute Gasteiger partial charge is 0.123 e. The van der Waals surface area contributed by atoms with Gasteiger partial charge in [-0.15, -0.1) is 0 Å². The highest BCUT2D eigenvalue weighted by molar-refractivity contribution is 7.56. The largest absolute Gasteiger partial charge is 0.507 e. The first kappa shape index (κ1) is 15.2. The Morgan fingerprint density at radius 2 is 1.70 bits per heavy atom. The molecule has 0 fully saturated rings. The Bertz CT molecular complexity index is 606. The Kier molecular flexibility index (Phi) is 4.64. The van der Waals surface area contributed by atoms with Gasteiger partial charge in [0.2, 0.25) is 0 Å². The van der Waals surface area contributed by atoms with Crippen molar-refractivity contribution in [2.24, 2.45) is 0 Å². The van der Waals surface area contributed by atoms with Gasteiger partial charge in [0.1, 0.15) is 5.75 Å². The Morgan fingerprint density at radius 1 is 1.00 bits per heavy atom. The van der Waals surface area contributed by atoms with Gasteiger partial charge >= 0.3 is 0 Å². The lowest BCUT2D eigenvalue weighted by atomic mass is 10.2. The van der Waals surface area contributed by atoms with Gasteiger partial charge in [0.05, 0.1) is 14.7 Å². The summed E-state index contributed by atoms with van der Waals surface area (Å²) in [5.41, 5.74) is 0.934. The first-order valence-corrected chi connectivity index (χ1v) is 11.2. The van der Waals surface area contributed by atoms with Crippen LogP contribution in [0.15, 0.2) is 42.5 Å². The number of hydrogen-bond donors (Lipinski definition) is 2. The standard InChI is InChI=1S/C16H21O2PSi/c1-20(2,3)13-8-9-14(18)16(10-13)19-15-7-5-4-6-12(15)11-17/h4-10,17-19H,11H2,1-3H3. The van der Waals surface area contributed by atoms with Crippen molar-refractivity contribution in [2.75, 3.05) is 0 Å². The fourth-order valence-electron chi connectivity index (χ4n) is 2.03. The molecule has 0 aliphatic rings. The summed E-state index contributed by atoms with van der Waals surface area (Å²) in [5, 5.41) is 22.9. The van der Waals surface area contributed by atoms with Crippen molar-refractivity contribution in [3.05, 3.63) is 48.0 Å². The summed E-state index contributed by atoms with van der Waals surface area (Å²) in [6.07, 6.45) is 0. The van der Waals surface area contributed by atoms with Crippen LogP contribution in [0, 0.1) is 0 Å². The molecule has 0 saturated carbocycles. The normalized spacial score (nSPS) is 12.2. The van der Waals surface area contributed by atoms with Gasteiger partial charge in [-0.1, -0.05) is 69.8 Å². The summed E-state index contributed by atoms with van der Waals surface area (Å²) in [6, 6.07) is 13.8. The van der Waals surface area contributed by atoms with Crippen LogP contribution in [0.3, 0.4) is 0 Å². The minimum atomic E-state index is -1.38. The minimum Gasteiger partial charge on any atom is -0.507 e. The summed E-state index contributed by atoms with van der Waals surface area (Å²) in [7, 11) is -1.01. The number of aliphatic hydroxyl groups excluding tert-OH is 1. The zero-order chi connectivity index (χ0) is 14.8. The third kappa shape index (κ3) is 3.48. The molecule has 106 valence electrons. The quantitative estimate of drug-likeness (QED) is 0.670. The lowest BCUT2D eigenvalue weighted by molar-refractivity contribution is 0.283. The van der Waals surface area contributed by atoms with Crippen LogP contribution in [0.5, 0.6) is 5.75 Å². The van der Waals surface area contributed by atoms with E-state index in [2.05, 4.69) is 25.7 Å². The Labute approximate surface area is 123 Å². The van der Waals surface area contributed by atoms with Crippen molar-refractivity contribution in [3.63, 3.8) is 0 Å². The molecule has 2 aromatic carbocycles. The molecule has 20 heavy (non-hydrogen) atoms. The molecule has 0 radical (unpaired) electrons. The first-order valence-electron chi connectivity index (χ1n) is 6.71. The highest BCUT2D eigenvalue weighted by Crippen LogP contribution is 2.20. The van der Waals surface area contributed by atoms with Crippen LogP contribution >= 0.6 is 8.58 Å². The zero-order valence-electron chi connectivity index (χ0n) is 12.1. The average molecular weight is 304 g/mol. The summed E-state index contributed by atoms with van der Waals surface area (Å²) >= 11 is 0. The van der Waals surface area contributed by atoms with Crippen molar-refractivity contribution in [3.8, 4) is 5.75 Å². The highest BCUT2D eigenvalue weighted by atomic mass is 31.1. The highest BCUT2D eigenvalue weighted by Gasteiger charge is 2.18. The molecular formula is C16H21O2PSi. The molecule has 2 rings (SSSR count). The SMILES string of the molecule is C[Si](C)(C)c1ccc(O)c(Pc2ccccc2CO)c1. The summed E-state index contributed by atoms with van der Waals surface area (Å²) < 4.78 is 0. The second-order valence-corrected chi connectivity index (χ2v) is 12.3. The number of phenolic OH excluding ortho intramolecular Hbond substituents is 1. The van der Waals surface area contributed by atoms with Gasteiger partial charge < -0.3 is 10.2 Å². The molecule has 1 unspecified atom stereocenters. The Morgan fingerprint density at radius 3 is 2.35 bits per heavy atom. The van der Waals surface area contributed by atoms with E-state index < -0.39 is 8.07 Å². The molecule has 0 spiro atoms. The predicted octanol–water partition coefficient (Wildman–Crippen LogP) is 2.06. The van der Waals surface area contributed by atoms with Crippen molar-refractivity contribution in [1.82, 2.24) is 0 Å². The number of rotatable bonds is 4. The molecule has 2 aromatic rings. The van der Waals surface area contributed by atoms with Crippen LogP contribution in [-0.4, -0.2) is 18.3 Å². The van der Waals surface area contributed by atoms with Gasteiger partial charge in [-0.2, -0.15) is 0 Å². The van der Waals surface area contributed by atoms with E-state index in [1.165, 1.54) is 5.19 Å². The molecular weight excluding hydrogens is 283 g/mol. The number of benzene rings is 2. The average Bonchev–Trinajstić information content (AvgIpc) is 2.40. The monoisotopic (exact) mass is 304 g/mol. The van der Waals surface area contributed by atoms with Crippen LogP contribution in [0.4, 0.5) is 0 Å². The van der Waals surface area contributed by atoms with E-state index in [-0.39, 0.29) is 6.61 Å². The molecule has 0 aliphatic carbocycles. The Balaban J connectivity index is 2.38. The maximum absolute atomic E-state index is 10.1. The molecule has 0 saturated heterocycles. The number of aromatic hydroxyl groups is 1. The van der Waals surface area contributed by atoms with Crippen molar-refractivity contribution < 1.29 is 10.2 Å². The van der Waals surface area contributed by atoms with E-state index in [1.807, 2.05) is 30.3 Å². The van der Waals surface area contributed by atoms with Crippen molar-refractivity contribution in [1.29, 1.82) is 0 Å². The van der Waals surface area contributed by atoms with Crippen LogP contribution in [0.2, 0.25) is 19.6 Å². The molecule has 0 bridgehead atoms. The lowest BCUT2D eigenvalue weighted by Gasteiger charge is -2.18. The molecule has 2 nitrogen and oxygen atoms in total. The van der Waals surface area contributed by atoms with E-state index in [9.17, 15) is 10.2 Å². The van der Waals surface area contributed by atoms with Crippen LogP contribution < -0.4 is 15.8 Å². The van der Waals surface area contributed by atoms with Crippen LogP contribution in [0.25, 0.3) is 0 Å². The third-order valence-corrected chi connectivity index (χ3v) is 6.79. The maximum Gasteiger partial charge on any atom is 0.123 e. The van der Waals surface area contributed by atoms with E-state index in [0.29, 0.717) is 14.3 Å². The second kappa shape index (κ2) is 6.09. The molecule has 0 aromatic heterocycles. The van der Waals surface area contributed by atoms with E-state index >= 15 is 0 Å². The molecule has 0 aliphatic heterocycles. The minimum absolute atomic E-state index is 0.0393. The van der Waals surface area contributed by atoms with Gasteiger partial charge in [0.25, 0.3) is 0 Å². The fourth-order valence-corrected chi connectivity index (χ4v) is 4.56. The number of hydrogen-bond acceptors (Lipinski definition) is 2. The topological polar surface area (TPSA) is 40.5 Å². The number of aliphatic hydroxyl groups is 1. The van der Waals surface area contributed by atoms with Gasteiger partial charge in [-0.25, -0.2) is 0 Å². The fraction of sp³-hybridized carbons (Fsp3) is 0.250. The van der Waals surface area contributed by atoms with E-state index in [0.717, 1.165) is 16.2 Å². The van der Waals surface area contributed by atoms with Crippen molar-refractivity contribution in [2.45, 2.75) is 26.2 Å². The van der Waals surface area contributed by atoms with Crippen LogP contribution in [-0.2, 0) is 6.61 Å². The van der Waals surface area contributed by atoms with Crippen LogP contribution in [0.1, 0.15) is 5.56 Å². The molecule has 1 atom stereocenters. The molecule has 2 N–H and O–H groups in total. The molecule has 0 heterocycles. The third-order valence-electron chi connectivity index (χ3n) is 3.32. The first-order chi connectivity index (χ1) is 9.41. The maximum atomic E-state index is 10.1. The van der Waals surface area contributed by atoms with Gasteiger partial charge in [-0.3, -0.25) is 0 Å². The van der Waals surface area contributed by atoms with Gasteiger partial charge in [0, 0.05) is 5.30 Å². The molecule has 4 heteroatoms. The number of phenols is 1. The van der Waals surface area contributed by atoms with E-state index in [1.54, 1.807) is 6.07 Å². The zero-order valence-corrected chi connectivity index (χ0v) is 14.1. The summed E-state index contributed by atoms with van der Waals surface area (Å²) in [6.45, 7) is 6.94. The van der Waals surface area contributed by atoms with Gasteiger partial charge in [0.15, 0.2) is 0 Å². The summed E-state index contributed by atoms with van der Waals surface area (Å²) in [4.78, 5) is 0. The molecule has 0 amide bonds. The van der Waals surface area contributed by atoms with E-state index in [4.69, 9.17) is 0 Å². The Hall–Kier alpha value is -1.15. The second-order valence-electron chi connectivity index (χ2n) is 5.92. The predicted molar refractivity (Wildman–Crippen MR) is 91.0 cm³/mol.